The van der Waals surface area contributed by atoms with E-state index in [-0.39, 0.29) is 23.2 Å². The van der Waals surface area contributed by atoms with Gasteiger partial charge >= 0.3 is 5.97 Å². The maximum atomic E-state index is 12.5. The van der Waals surface area contributed by atoms with Gasteiger partial charge in [-0.3, -0.25) is 15.2 Å². The summed E-state index contributed by atoms with van der Waals surface area (Å²) in [5, 5.41) is 23.5. The van der Waals surface area contributed by atoms with Crippen molar-refractivity contribution in [1.82, 2.24) is 10.3 Å². The van der Waals surface area contributed by atoms with Gasteiger partial charge in [0.1, 0.15) is 5.84 Å². The standard InChI is InChI=1S/C26H29N5O3/c1-15(2)13-30-25(32)18-7-11-20(22(12-18)26(33)34)21-10-4-16(3)31-23(21)14-29-19-8-5-17(6-9-19)24(27)28/h4-12,15,29H,13-14H2,1-3H3,(H3,27,28)(H,30,32)(H,33,34). The van der Waals surface area contributed by atoms with Crippen LogP contribution in [0.5, 0.6) is 0 Å². The van der Waals surface area contributed by atoms with Crippen molar-refractivity contribution >= 4 is 23.4 Å². The molecule has 0 bridgehead atoms. The van der Waals surface area contributed by atoms with Gasteiger partial charge in [0.05, 0.1) is 17.8 Å². The molecule has 1 heterocycles. The van der Waals surface area contributed by atoms with Crippen molar-refractivity contribution in [3.8, 4) is 11.1 Å². The summed E-state index contributed by atoms with van der Waals surface area (Å²) in [5.74, 6) is -1.14. The summed E-state index contributed by atoms with van der Waals surface area (Å²) in [6.07, 6.45) is 0. The normalized spacial score (nSPS) is 10.7. The van der Waals surface area contributed by atoms with Crippen LogP contribution in [0.4, 0.5) is 5.69 Å². The molecule has 0 atom stereocenters. The zero-order chi connectivity index (χ0) is 24.8. The second-order valence-corrected chi connectivity index (χ2v) is 8.46. The molecule has 6 N–H and O–H groups in total. The molecule has 34 heavy (non-hydrogen) atoms. The van der Waals surface area contributed by atoms with Crippen LogP contribution in [0.25, 0.3) is 11.1 Å². The molecular formula is C26H29N5O3. The van der Waals surface area contributed by atoms with Gasteiger partial charge in [-0.15, -0.1) is 0 Å². The summed E-state index contributed by atoms with van der Waals surface area (Å²) >= 11 is 0. The maximum Gasteiger partial charge on any atom is 0.336 e. The Morgan fingerprint density at radius 2 is 1.68 bits per heavy atom. The van der Waals surface area contributed by atoms with Crippen molar-refractivity contribution in [1.29, 1.82) is 5.41 Å². The van der Waals surface area contributed by atoms with E-state index < -0.39 is 5.97 Å². The lowest BCUT2D eigenvalue weighted by Gasteiger charge is -2.15. The second-order valence-electron chi connectivity index (χ2n) is 8.46. The highest BCUT2D eigenvalue weighted by Crippen LogP contribution is 2.28. The van der Waals surface area contributed by atoms with Crippen LogP contribution >= 0.6 is 0 Å². The van der Waals surface area contributed by atoms with E-state index in [1.165, 1.54) is 6.07 Å². The van der Waals surface area contributed by atoms with Crippen molar-refractivity contribution in [3.63, 3.8) is 0 Å². The molecule has 0 aliphatic carbocycles. The van der Waals surface area contributed by atoms with E-state index in [9.17, 15) is 14.7 Å². The number of carboxylic acids is 1. The van der Waals surface area contributed by atoms with Crippen LogP contribution in [0.1, 0.15) is 51.5 Å². The third-order valence-electron chi connectivity index (χ3n) is 5.24. The minimum Gasteiger partial charge on any atom is -0.478 e. The van der Waals surface area contributed by atoms with Crippen molar-refractivity contribution in [2.45, 2.75) is 27.3 Å². The van der Waals surface area contributed by atoms with Crippen LogP contribution in [0.15, 0.2) is 54.6 Å². The van der Waals surface area contributed by atoms with E-state index >= 15 is 0 Å². The molecular weight excluding hydrogens is 430 g/mol. The number of amidine groups is 1. The highest BCUT2D eigenvalue weighted by atomic mass is 16.4. The van der Waals surface area contributed by atoms with Crippen LogP contribution in [-0.2, 0) is 6.54 Å². The number of hydrogen-bond acceptors (Lipinski definition) is 5. The molecule has 176 valence electrons. The molecule has 3 rings (SSSR count). The molecule has 0 aliphatic rings. The predicted molar refractivity (Wildman–Crippen MR) is 133 cm³/mol. The third-order valence-corrected chi connectivity index (χ3v) is 5.24. The highest BCUT2D eigenvalue weighted by Gasteiger charge is 2.18. The topological polar surface area (TPSA) is 141 Å². The Balaban J connectivity index is 1.92. The van der Waals surface area contributed by atoms with Gasteiger partial charge in [0.25, 0.3) is 5.91 Å². The van der Waals surface area contributed by atoms with Crippen LogP contribution < -0.4 is 16.4 Å². The number of pyridine rings is 1. The molecule has 8 nitrogen and oxygen atoms in total. The third kappa shape index (κ3) is 5.98. The molecule has 2 aromatic carbocycles. The largest absolute Gasteiger partial charge is 0.478 e. The molecule has 8 heteroatoms. The number of nitrogens with two attached hydrogens (primary N) is 1. The van der Waals surface area contributed by atoms with Gasteiger partial charge in [-0.1, -0.05) is 26.0 Å². The number of benzene rings is 2. The molecule has 3 aromatic rings. The number of nitrogens with one attached hydrogen (secondary N) is 3. The number of carbonyl (C=O) groups excluding carboxylic acids is 1. The molecule has 0 aliphatic heterocycles. The van der Waals surface area contributed by atoms with Crippen molar-refractivity contribution in [2.24, 2.45) is 11.7 Å². The monoisotopic (exact) mass is 459 g/mol. The lowest BCUT2D eigenvalue weighted by molar-refractivity contribution is 0.0697. The Bertz CT molecular complexity index is 1220. The predicted octanol–water partition coefficient (Wildman–Crippen LogP) is 4.04. The van der Waals surface area contributed by atoms with Crippen molar-refractivity contribution < 1.29 is 14.7 Å². The van der Waals surface area contributed by atoms with Crippen LogP contribution in [0.2, 0.25) is 0 Å². The molecule has 0 radical (unpaired) electrons. The first kappa shape index (κ1) is 24.4. The first-order valence-electron chi connectivity index (χ1n) is 11.0. The van der Waals surface area contributed by atoms with Gasteiger partial charge in [0, 0.05) is 34.6 Å². The summed E-state index contributed by atoms with van der Waals surface area (Å²) in [6, 6.07) is 15.5. The first-order valence-corrected chi connectivity index (χ1v) is 11.0. The molecule has 0 unspecified atom stereocenters. The van der Waals surface area contributed by atoms with Gasteiger partial charge in [-0.05, 0) is 60.9 Å². The van der Waals surface area contributed by atoms with E-state index in [4.69, 9.17) is 11.1 Å². The fourth-order valence-electron chi connectivity index (χ4n) is 3.44. The second kappa shape index (κ2) is 10.6. The molecule has 1 aromatic heterocycles. The number of aryl methyl sites for hydroxylation is 1. The molecule has 0 saturated heterocycles. The van der Waals surface area contributed by atoms with Crippen molar-refractivity contribution in [2.75, 3.05) is 11.9 Å². The number of rotatable bonds is 9. The van der Waals surface area contributed by atoms with E-state index in [0.717, 1.165) is 11.4 Å². The van der Waals surface area contributed by atoms with Gasteiger partial charge in [-0.25, -0.2) is 4.79 Å². The number of carbonyl (C=O) groups is 2. The Morgan fingerprint density at radius 1 is 1.03 bits per heavy atom. The quantitative estimate of drug-likeness (QED) is 0.242. The van der Waals surface area contributed by atoms with Crippen LogP contribution in [-0.4, -0.2) is 34.3 Å². The number of carboxylic acid groups (broad SMARTS) is 1. The average Bonchev–Trinajstić information content (AvgIpc) is 2.81. The van der Waals surface area contributed by atoms with Gasteiger partial charge < -0.3 is 21.5 Å². The maximum absolute atomic E-state index is 12.5. The molecule has 0 spiro atoms. The number of aromatic carboxylic acids is 1. The molecule has 0 fully saturated rings. The lowest BCUT2D eigenvalue weighted by Crippen LogP contribution is -2.27. The van der Waals surface area contributed by atoms with Gasteiger partial charge in [0.2, 0.25) is 0 Å². The minimum absolute atomic E-state index is 0.00304. The first-order chi connectivity index (χ1) is 16.2. The van der Waals surface area contributed by atoms with Crippen LogP contribution in [0.3, 0.4) is 0 Å². The SMILES string of the molecule is Cc1ccc(-c2ccc(C(=O)NCC(C)C)cc2C(=O)O)c(CNc2ccc(C(=N)N)cc2)n1. The van der Waals surface area contributed by atoms with E-state index in [1.54, 1.807) is 24.3 Å². The van der Waals surface area contributed by atoms with E-state index in [2.05, 4.69) is 15.6 Å². The number of nitrogen functional groups attached to an aromatic ring is 1. The smallest absolute Gasteiger partial charge is 0.336 e. The number of nitrogens with zero attached hydrogens (tertiary/aromatic N) is 1. The lowest BCUT2D eigenvalue weighted by atomic mass is 9.95. The van der Waals surface area contributed by atoms with Crippen LogP contribution in [0, 0.1) is 18.3 Å². The zero-order valence-electron chi connectivity index (χ0n) is 19.5. The number of aromatic nitrogens is 1. The van der Waals surface area contributed by atoms with Gasteiger partial charge in [0.15, 0.2) is 0 Å². The fourth-order valence-corrected chi connectivity index (χ4v) is 3.44. The van der Waals surface area contributed by atoms with Crippen molar-refractivity contribution in [3.05, 3.63) is 82.7 Å². The molecule has 0 saturated carbocycles. The summed E-state index contributed by atoms with van der Waals surface area (Å²) in [4.78, 5) is 29.2. The number of anilines is 1. The van der Waals surface area contributed by atoms with E-state index in [1.807, 2.05) is 45.0 Å². The summed E-state index contributed by atoms with van der Waals surface area (Å²) in [5.41, 5.74) is 9.92. The average molecular weight is 460 g/mol. The Morgan fingerprint density at radius 3 is 2.29 bits per heavy atom. The number of hydrogen-bond donors (Lipinski definition) is 5. The van der Waals surface area contributed by atoms with E-state index in [0.29, 0.717) is 41.0 Å². The Kier molecular flexibility index (Phi) is 7.63. The Hall–Kier alpha value is -4.20. The Labute approximate surface area is 198 Å². The number of amides is 1. The minimum atomic E-state index is -1.12. The molecule has 1 amide bonds. The van der Waals surface area contributed by atoms with Gasteiger partial charge in [-0.2, -0.15) is 0 Å². The fraction of sp³-hybridized carbons (Fsp3) is 0.231. The summed E-state index contributed by atoms with van der Waals surface area (Å²) in [6.45, 7) is 6.71. The summed E-state index contributed by atoms with van der Waals surface area (Å²) in [7, 11) is 0. The highest BCUT2D eigenvalue weighted by molar-refractivity contribution is 6.01. The zero-order valence-corrected chi connectivity index (χ0v) is 19.5. The summed E-state index contributed by atoms with van der Waals surface area (Å²) < 4.78 is 0.